The number of carbonyl (C=O) groups is 6. The van der Waals surface area contributed by atoms with Gasteiger partial charge in [-0.2, -0.15) is 0 Å². The Kier molecular flexibility index (Phi) is 12.7. The highest BCUT2D eigenvalue weighted by atomic mass is 16.6. The van der Waals surface area contributed by atoms with E-state index in [-0.39, 0.29) is 22.3 Å². The van der Waals surface area contributed by atoms with Crippen LogP contribution in [-0.2, 0) is 38.1 Å². The molecule has 5 N–H and O–H groups in total. The van der Waals surface area contributed by atoms with Crippen molar-refractivity contribution in [3.63, 3.8) is 0 Å². The molecule has 3 aromatic carbocycles. The summed E-state index contributed by atoms with van der Waals surface area (Å²) < 4.78 is 23.6. The van der Waals surface area contributed by atoms with Crippen molar-refractivity contribution in [3.05, 3.63) is 119 Å². The van der Waals surface area contributed by atoms with Crippen molar-refractivity contribution in [2.75, 3.05) is 0 Å². The minimum Gasteiger partial charge on any atom is -0.459 e. The number of ether oxygens (including phenoxy) is 4. The maximum absolute atomic E-state index is 15.4. The van der Waals surface area contributed by atoms with Crippen LogP contribution in [-0.4, -0.2) is 104 Å². The zero-order chi connectivity index (χ0) is 45.5. The molecule has 0 heterocycles. The molecule has 15 nitrogen and oxygen atoms in total. The highest BCUT2D eigenvalue weighted by Crippen LogP contribution is 2.62. The summed E-state index contributed by atoms with van der Waals surface area (Å²) in [6, 6.07) is 22.6. The minimum atomic E-state index is -2.48. The molecule has 0 aromatic heterocycles. The largest absolute Gasteiger partial charge is 0.459 e. The number of hydrogen-bond donors (Lipinski definition) is 5. The number of hydrogen-bond acceptors (Lipinski definition) is 14. The molecule has 3 aliphatic carbocycles. The Morgan fingerprint density at radius 3 is 1.84 bits per heavy atom. The number of aliphatic hydroxyl groups is 4. The normalized spacial score (nSPS) is 31.2. The molecule has 2 fully saturated rings. The van der Waals surface area contributed by atoms with Crippen molar-refractivity contribution in [1.29, 1.82) is 0 Å². The Morgan fingerprint density at radius 2 is 1.29 bits per heavy atom. The number of esters is 4. The van der Waals surface area contributed by atoms with E-state index in [4.69, 9.17) is 18.9 Å². The molecule has 2 saturated carbocycles. The molecule has 1 unspecified atom stereocenters. The lowest BCUT2D eigenvalue weighted by atomic mass is 9.45. The van der Waals surface area contributed by atoms with Gasteiger partial charge in [0.2, 0.25) is 0 Å². The molecule has 62 heavy (non-hydrogen) atoms. The maximum Gasteiger partial charge on any atom is 0.338 e. The van der Waals surface area contributed by atoms with Crippen molar-refractivity contribution in [1.82, 2.24) is 5.32 Å². The number of rotatable bonds is 10. The third-order valence-electron chi connectivity index (χ3n) is 13.2. The SMILES string of the molecule is CC(=O)O[C@H]1C(=O)[C@@]2(C)C([C@H](OC(=O)c3ccccc3)[C@]3(O)C[C@H](OC(=O)[C@H](O)[C@@H](NC(=O)c4ccccc4)c4ccccc4)C(C)=C1C3(C)C)[C@@](C)(O)[C@@H](OC(C)=O)C[C@@H]2O. The summed E-state index contributed by atoms with van der Waals surface area (Å²) in [6.07, 6.45) is -11.8. The number of benzene rings is 3. The van der Waals surface area contributed by atoms with Gasteiger partial charge in [-0.25, -0.2) is 9.59 Å². The van der Waals surface area contributed by atoms with Gasteiger partial charge in [0.25, 0.3) is 5.91 Å². The van der Waals surface area contributed by atoms with E-state index in [0.29, 0.717) is 5.56 Å². The summed E-state index contributed by atoms with van der Waals surface area (Å²) in [6.45, 7) is 9.19. The predicted octanol–water partition coefficient (Wildman–Crippen LogP) is 3.72. The fourth-order valence-corrected chi connectivity index (χ4v) is 9.79. The molecule has 0 aliphatic heterocycles. The number of amides is 1. The van der Waals surface area contributed by atoms with Crippen LogP contribution >= 0.6 is 0 Å². The van der Waals surface area contributed by atoms with Crippen LogP contribution in [0.1, 0.15) is 93.6 Å². The molecule has 330 valence electrons. The first kappa shape index (κ1) is 45.8. The van der Waals surface area contributed by atoms with Crippen LogP contribution in [0.2, 0.25) is 0 Å². The Hall–Kier alpha value is -5.74. The number of Topliss-reactive ketones (excluding diaryl/α,β-unsaturated/α-hetero) is 1. The summed E-state index contributed by atoms with van der Waals surface area (Å²) in [5, 5.41) is 52.7. The van der Waals surface area contributed by atoms with Crippen LogP contribution < -0.4 is 5.32 Å². The molecule has 15 heteroatoms. The quantitative estimate of drug-likeness (QED) is 0.111. The number of carbonyl (C=O) groups excluding carboxylic acids is 6. The summed E-state index contributed by atoms with van der Waals surface area (Å²) in [5.74, 6) is -7.38. The zero-order valence-corrected chi connectivity index (χ0v) is 35.6. The Balaban J connectivity index is 1.53. The molecular weight excluding hydrogens is 803 g/mol. The van der Waals surface area contributed by atoms with Crippen LogP contribution in [0.25, 0.3) is 0 Å². The Bertz CT molecular complexity index is 2240. The van der Waals surface area contributed by atoms with Crippen molar-refractivity contribution in [3.8, 4) is 0 Å². The zero-order valence-electron chi connectivity index (χ0n) is 35.6. The summed E-state index contributed by atoms with van der Waals surface area (Å²) in [7, 11) is 0. The second-order valence-corrected chi connectivity index (χ2v) is 17.3. The summed E-state index contributed by atoms with van der Waals surface area (Å²) >= 11 is 0. The van der Waals surface area contributed by atoms with E-state index in [1.54, 1.807) is 78.9 Å². The van der Waals surface area contributed by atoms with Gasteiger partial charge in [0.15, 0.2) is 18.0 Å². The second kappa shape index (κ2) is 17.2. The van der Waals surface area contributed by atoms with Crippen molar-refractivity contribution < 1.29 is 68.1 Å². The van der Waals surface area contributed by atoms with E-state index < -0.39 is 119 Å². The minimum absolute atomic E-state index is 0.0210. The first-order valence-corrected chi connectivity index (χ1v) is 20.4. The first-order valence-electron chi connectivity index (χ1n) is 20.4. The second-order valence-electron chi connectivity index (χ2n) is 17.3. The van der Waals surface area contributed by atoms with E-state index in [1.165, 1.54) is 46.8 Å². The number of fused-ring (bicyclic) bond motifs is 3. The van der Waals surface area contributed by atoms with Crippen LogP contribution in [0.15, 0.2) is 102 Å². The smallest absolute Gasteiger partial charge is 0.338 e. The van der Waals surface area contributed by atoms with Crippen molar-refractivity contribution in [2.24, 2.45) is 16.7 Å². The fraction of sp³-hybridized carbons (Fsp3) is 0.447. The molecule has 2 bridgehead atoms. The Labute approximate surface area is 359 Å². The van der Waals surface area contributed by atoms with Gasteiger partial charge in [-0.3, -0.25) is 19.2 Å². The van der Waals surface area contributed by atoms with E-state index in [1.807, 2.05) is 0 Å². The topological polar surface area (TPSA) is 232 Å². The molecule has 0 spiro atoms. The highest BCUT2D eigenvalue weighted by molar-refractivity contribution is 5.96. The van der Waals surface area contributed by atoms with E-state index in [0.717, 1.165) is 13.8 Å². The van der Waals surface area contributed by atoms with Crippen LogP contribution in [0, 0.1) is 16.7 Å². The lowest BCUT2D eigenvalue weighted by Crippen LogP contribution is -2.77. The molecule has 3 aliphatic rings. The maximum atomic E-state index is 15.4. The van der Waals surface area contributed by atoms with E-state index in [9.17, 15) is 44.4 Å². The first-order chi connectivity index (χ1) is 29.1. The molecule has 6 rings (SSSR count). The summed E-state index contributed by atoms with van der Waals surface area (Å²) in [4.78, 5) is 82.6. The lowest BCUT2D eigenvalue weighted by molar-refractivity contribution is -0.277. The molecule has 1 amide bonds. The van der Waals surface area contributed by atoms with Gasteiger partial charge in [-0.15, -0.1) is 0 Å². The van der Waals surface area contributed by atoms with Gasteiger partial charge >= 0.3 is 23.9 Å². The van der Waals surface area contributed by atoms with Gasteiger partial charge < -0.3 is 44.7 Å². The third kappa shape index (κ3) is 8.05. The van der Waals surface area contributed by atoms with Gasteiger partial charge in [-0.05, 0) is 61.7 Å². The van der Waals surface area contributed by atoms with Crippen molar-refractivity contribution in [2.45, 2.75) is 115 Å². The predicted molar refractivity (Wildman–Crippen MR) is 220 cm³/mol. The van der Waals surface area contributed by atoms with Crippen molar-refractivity contribution >= 4 is 35.6 Å². The summed E-state index contributed by atoms with van der Waals surface area (Å²) in [5.41, 5.74) is -8.05. The average molecular weight is 856 g/mol. The molecule has 0 radical (unpaired) electrons. The molecule has 3 aromatic rings. The third-order valence-corrected chi connectivity index (χ3v) is 13.2. The van der Waals surface area contributed by atoms with Crippen LogP contribution in [0.4, 0.5) is 0 Å². The molecular formula is C47H53NO14. The van der Waals surface area contributed by atoms with Gasteiger partial charge in [0.05, 0.1) is 23.1 Å². The van der Waals surface area contributed by atoms with E-state index in [2.05, 4.69) is 5.32 Å². The van der Waals surface area contributed by atoms with Gasteiger partial charge in [0.1, 0.15) is 29.5 Å². The van der Waals surface area contributed by atoms with Gasteiger partial charge in [-0.1, -0.05) is 80.6 Å². The molecule has 11 atom stereocenters. The number of nitrogens with one attached hydrogen (secondary N) is 1. The molecule has 0 saturated heterocycles. The number of aliphatic hydroxyl groups excluding tert-OH is 2. The average Bonchev–Trinajstić information content (AvgIpc) is 3.22. The highest BCUT2D eigenvalue weighted by Gasteiger charge is 2.74. The standard InChI is InChI=1S/C47H53NO14/c1-25-31(61-43(56)36(52)35(28-17-11-8-12-18-28)48-41(54)29-19-13-9-14-20-29)24-47(58)40(62-42(55)30-21-15-10-16-22-30)38-45(6,32(51)23-33(46(38,7)57)59-26(2)49)39(53)37(60-27(3)50)34(25)44(47,4)5/h8-22,31-33,35-38,40,51-52,57-58H,23-24H2,1-7H3,(H,48,54)/t31-,32-,33-,35-,36+,37+,38?,40-,45+,46-,47+/m0/s1. The van der Waals surface area contributed by atoms with E-state index >= 15 is 4.79 Å². The van der Waals surface area contributed by atoms with Crippen LogP contribution in [0.5, 0.6) is 0 Å². The van der Waals surface area contributed by atoms with Gasteiger partial charge in [0, 0.05) is 43.6 Å². The fourth-order valence-electron chi connectivity index (χ4n) is 9.79. The Morgan fingerprint density at radius 1 is 0.758 bits per heavy atom. The van der Waals surface area contributed by atoms with Crippen LogP contribution in [0.3, 0.4) is 0 Å². The number of ketones is 1. The monoisotopic (exact) mass is 855 g/mol. The lowest BCUT2D eigenvalue weighted by Gasteiger charge is -2.64.